The number of hydrogen-bond acceptors (Lipinski definition) is 4. The van der Waals surface area contributed by atoms with E-state index in [2.05, 4.69) is 30.2 Å². The highest BCUT2D eigenvalue weighted by atomic mass is 16.6. The number of methoxy groups -OCH3 is 1. The van der Waals surface area contributed by atoms with Gasteiger partial charge in [-0.05, 0) is 52.4 Å². The Morgan fingerprint density at radius 1 is 1.03 bits per heavy atom. The van der Waals surface area contributed by atoms with Gasteiger partial charge < -0.3 is 9.47 Å². The predicted octanol–water partition coefficient (Wildman–Crippen LogP) is 5.08. The summed E-state index contributed by atoms with van der Waals surface area (Å²) in [6, 6.07) is 19.9. The summed E-state index contributed by atoms with van der Waals surface area (Å²) in [5.41, 5.74) is 7.35. The maximum Gasteiger partial charge on any atom is 0.414 e. The lowest BCUT2D eigenvalue weighted by atomic mass is 9.98. The van der Waals surface area contributed by atoms with E-state index in [0.29, 0.717) is 16.8 Å². The van der Waals surface area contributed by atoms with E-state index in [1.165, 1.54) is 23.1 Å². The Morgan fingerprint density at radius 3 is 2.21 bits per heavy atom. The summed E-state index contributed by atoms with van der Waals surface area (Å²) in [5, 5.41) is 0. The van der Waals surface area contributed by atoms with Crippen LogP contribution in [0.5, 0.6) is 0 Å². The number of esters is 1. The number of fused-ring (bicyclic) bond motifs is 3. The van der Waals surface area contributed by atoms with E-state index in [4.69, 9.17) is 15.9 Å². The normalized spacial score (nSPS) is 11.8. The third-order valence-corrected chi connectivity index (χ3v) is 6.22. The second-order valence-electron chi connectivity index (χ2n) is 8.04. The molecule has 1 aliphatic carbocycles. The number of benzene rings is 3. The smallest absolute Gasteiger partial charge is 0.414 e. The van der Waals surface area contributed by atoms with Crippen molar-refractivity contribution in [3.63, 3.8) is 0 Å². The second-order valence-corrected chi connectivity index (χ2v) is 8.04. The first-order valence-electron chi connectivity index (χ1n) is 10.7. The molecule has 0 aromatic heterocycles. The molecule has 0 bridgehead atoms. The number of hydrogen-bond donors (Lipinski definition) is 0. The Labute approximate surface area is 193 Å². The number of terminal acetylenes is 1. The number of ether oxygens (including phenoxy) is 2. The highest BCUT2D eigenvalue weighted by Gasteiger charge is 2.29. The fourth-order valence-electron chi connectivity index (χ4n) is 4.31. The van der Waals surface area contributed by atoms with Gasteiger partial charge in [0, 0.05) is 24.2 Å². The highest BCUT2D eigenvalue weighted by Crippen LogP contribution is 2.44. The maximum atomic E-state index is 13.0. The second kappa shape index (κ2) is 9.22. The molecule has 0 heterocycles. The summed E-state index contributed by atoms with van der Waals surface area (Å²) >= 11 is 0. The molecule has 0 atom stereocenters. The number of carbonyl (C=O) groups excluding carboxylic acids is 2. The minimum absolute atomic E-state index is 0.0241. The van der Waals surface area contributed by atoms with E-state index in [1.54, 1.807) is 19.2 Å². The van der Waals surface area contributed by atoms with E-state index in [1.807, 2.05) is 31.2 Å². The van der Waals surface area contributed by atoms with Crippen molar-refractivity contribution < 1.29 is 19.1 Å². The maximum absolute atomic E-state index is 13.0. The molecule has 0 saturated carbocycles. The van der Waals surface area contributed by atoms with Crippen LogP contribution < -0.4 is 4.90 Å². The van der Waals surface area contributed by atoms with Crippen molar-refractivity contribution in [1.82, 2.24) is 0 Å². The van der Waals surface area contributed by atoms with Crippen molar-refractivity contribution >= 4 is 17.7 Å². The fourth-order valence-corrected chi connectivity index (χ4v) is 4.31. The lowest BCUT2D eigenvalue weighted by Gasteiger charge is -2.21. The van der Waals surface area contributed by atoms with Crippen LogP contribution in [0.4, 0.5) is 10.5 Å². The average molecular weight is 440 g/mol. The van der Waals surface area contributed by atoms with Crippen LogP contribution >= 0.6 is 0 Å². The molecule has 0 unspecified atom stereocenters. The molecule has 5 heteroatoms. The molecule has 0 N–H and O–H groups in total. The molecule has 0 radical (unpaired) electrons. The molecule has 1 aliphatic rings. The minimum atomic E-state index is -0.493. The van der Waals surface area contributed by atoms with Gasteiger partial charge >= 0.3 is 12.1 Å². The Kier molecular flexibility index (Phi) is 6.19. The van der Waals surface area contributed by atoms with Gasteiger partial charge in [0.15, 0.2) is 0 Å². The number of carbonyl (C=O) groups is 2. The van der Waals surface area contributed by atoms with Crippen LogP contribution in [0.1, 0.15) is 33.7 Å². The molecule has 5 nitrogen and oxygen atoms in total. The zero-order chi connectivity index (χ0) is 23.5. The summed E-state index contributed by atoms with van der Waals surface area (Å²) in [4.78, 5) is 26.2. The van der Waals surface area contributed by atoms with E-state index < -0.39 is 6.09 Å². The van der Waals surface area contributed by atoms with Gasteiger partial charge in [-0.2, -0.15) is 0 Å². The van der Waals surface area contributed by atoms with E-state index in [0.717, 1.165) is 16.7 Å². The molecule has 1 amide bonds. The largest absolute Gasteiger partial charge is 0.469 e. The van der Waals surface area contributed by atoms with Crippen molar-refractivity contribution in [2.45, 2.75) is 19.3 Å². The Bertz CT molecular complexity index is 1230. The molecule has 4 rings (SSSR count). The predicted molar refractivity (Wildman–Crippen MR) is 128 cm³/mol. The first kappa shape index (κ1) is 22.2. The summed E-state index contributed by atoms with van der Waals surface area (Å²) in [5.74, 6) is 2.23. The van der Waals surface area contributed by atoms with Crippen LogP contribution in [0.2, 0.25) is 0 Å². The number of nitrogens with zero attached hydrogens (tertiary/aromatic N) is 1. The topological polar surface area (TPSA) is 55.8 Å². The molecule has 166 valence electrons. The monoisotopic (exact) mass is 439 g/mol. The van der Waals surface area contributed by atoms with Gasteiger partial charge in [0.2, 0.25) is 0 Å². The summed E-state index contributed by atoms with van der Waals surface area (Å²) in [6.45, 7) is 2.07. The third-order valence-electron chi connectivity index (χ3n) is 6.22. The van der Waals surface area contributed by atoms with Gasteiger partial charge in [-0.3, -0.25) is 9.69 Å². The third kappa shape index (κ3) is 4.20. The zero-order valence-corrected chi connectivity index (χ0v) is 18.9. The van der Waals surface area contributed by atoms with Crippen molar-refractivity contribution in [1.29, 1.82) is 0 Å². The van der Waals surface area contributed by atoms with Crippen LogP contribution in [0.15, 0.2) is 60.7 Å². The Balaban J connectivity index is 1.55. The minimum Gasteiger partial charge on any atom is -0.469 e. The number of rotatable bonds is 5. The summed E-state index contributed by atoms with van der Waals surface area (Å²) < 4.78 is 10.5. The Hall–Kier alpha value is -4.04. The van der Waals surface area contributed by atoms with Crippen LogP contribution in [0.25, 0.3) is 11.1 Å². The van der Waals surface area contributed by atoms with E-state index in [-0.39, 0.29) is 24.9 Å². The van der Waals surface area contributed by atoms with Crippen molar-refractivity contribution in [2.75, 3.05) is 25.7 Å². The lowest BCUT2D eigenvalue weighted by Crippen LogP contribution is -2.29. The molecule has 33 heavy (non-hydrogen) atoms. The fraction of sp³-hybridized carbons (Fsp3) is 0.214. The molecule has 0 spiro atoms. The zero-order valence-electron chi connectivity index (χ0n) is 18.9. The first-order chi connectivity index (χ1) is 15.9. The number of anilines is 1. The summed E-state index contributed by atoms with van der Waals surface area (Å²) in [7, 11) is 2.97. The van der Waals surface area contributed by atoms with Gasteiger partial charge in [-0.1, -0.05) is 54.5 Å². The Morgan fingerprint density at radius 2 is 1.64 bits per heavy atom. The SMILES string of the molecule is C#Cc1cc(N(C)C(=O)OCC2c3ccccc3-c3ccccc32)cc(CC(=O)OC)c1C. The molecule has 0 fully saturated rings. The standard InChI is InChI=1S/C28H25NO4/c1-5-19-14-21(15-20(18(19)2)16-27(30)32-4)29(3)28(31)33-17-26-24-12-8-6-10-22(24)23-11-7-9-13-25(23)26/h1,6-15,26H,16-17H2,2-4H3. The van der Waals surface area contributed by atoms with Gasteiger partial charge in [0.1, 0.15) is 6.61 Å². The van der Waals surface area contributed by atoms with Crippen LogP contribution in [-0.2, 0) is 20.7 Å². The van der Waals surface area contributed by atoms with E-state index >= 15 is 0 Å². The molecule has 0 aliphatic heterocycles. The van der Waals surface area contributed by atoms with Crippen LogP contribution in [0, 0.1) is 19.3 Å². The van der Waals surface area contributed by atoms with Gasteiger partial charge in [0.25, 0.3) is 0 Å². The highest BCUT2D eigenvalue weighted by molar-refractivity contribution is 5.88. The van der Waals surface area contributed by atoms with Gasteiger partial charge in [-0.15, -0.1) is 6.42 Å². The lowest BCUT2D eigenvalue weighted by molar-refractivity contribution is -0.139. The van der Waals surface area contributed by atoms with Crippen molar-refractivity contribution in [2.24, 2.45) is 0 Å². The molecular weight excluding hydrogens is 414 g/mol. The van der Waals surface area contributed by atoms with E-state index in [9.17, 15) is 9.59 Å². The average Bonchev–Trinajstić information content (AvgIpc) is 3.16. The first-order valence-corrected chi connectivity index (χ1v) is 10.7. The quantitative estimate of drug-likeness (QED) is 0.411. The van der Waals surface area contributed by atoms with Gasteiger partial charge in [0.05, 0.1) is 13.5 Å². The molecule has 3 aromatic carbocycles. The molecule has 3 aromatic rings. The number of amides is 1. The molecule has 0 saturated heterocycles. The van der Waals surface area contributed by atoms with Crippen LogP contribution in [-0.4, -0.2) is 32.8 Å². The molecular formula is C28H25NO4. The summed E-state index contributed by atoms with van der Waals surface area (Å²) in [6.07, 6.45) is 5.24. The van der Waals surface area contributed by atoms with Crippen molar-refractivity contribution in [3.05, 3.63) is 88.5 Å². The van der Waals surface area contributed by atoms with Crippen LogP contribution in [0.3, 0.4) is 0 Å². The van der Waals surface area contributed by atoms with Gasteiger partial charge in [-0.25, -0.2) is 4.79 Å². The van der Waals surface area contributed by atoms with Crippen molar-refractivity contribution in [3.8, 4) is 23.5 Å².